The first-order chi connectivity index (χ1) is 13.0. The van der Waals surface area contributed by atoms with Crippen molar-refractivity contribution < 1.29 is 18.4 Å². The molecule has 0 saturated carbocycles. The number of carbonyl (C=O) groups excluding carboxylic acids is 2. The molecule has 0 bridgehead atoms. The molecule has 1 aliphatic rings. The van der Waals surface area contributed by atoms with Gasteiger partial charge in [-0.25, -0.2) is 8.78 Å². The van der Waals surface area contributed by atoms with Gasteiger partial charge in [-0.1, -0.05) is 36.4 Å². The van der Waals surface area contributed by atoms with Gasteiger partial charge in [0, 0.05) is 29.7 Å². The van der Waals surface area contributed by atoms with E-state index in [1.165, 1.54) is 11.0 Å². The standard InChI is InChI=1S/C21H16F2N2O2/c22-17-9-8-14(10-18(17)23)21(27)25-11-15(12-25)20(26)24-19-7-3-5-13-4-1-2-6-16(13)19/h1-10,15H,11-12H2,(H,24,26). The molecule has 3 aromatic rings. The third-order valence-electron chi connectivity index (χ3n) is 4.75. The predicted molar refractivity (Wildman–Crippen MR) is 98.3 cm³/mol. The van der Waals surface area contributed by atoms with Crippen LogP contribution in [0.2, 0.25) is 0 Å². The van der Waals surface area contributed by atoms with Crippen molar-refractivity contribution in [1.82, 2.24) is 4.90 Å². The fourth-order valence-corrected chi connectivity index (χ4v) is 3.19. The number of carbonyl (C=O) groups is 2. The minimum atomic E-state index is -1.06. The van der Waals surface area contributed by atoms with Crippen LogP contribution in [0, 0.1) is 17.6 Å². The van der Waals surface area contributed by atoms with E-state index < -0.39 is 17.5 Å². The van der Waals surface area contributed by atoms with Crippen LogP contribution in [0.15, 0.2) is 60.7 Å². The molecular formula is C21H16F2N2O2. The number of nitrogens with one attached hydrogen (secondary N) is 1. The first kappa shape index (κ1) is 17.1. The Morgan fingerprint density at radius 3 is 2.44 bits per heavy atom. The van der Waals surface area contributed by atoms with Crippen LogP contribution in [-0.2, 0) is 4.79 Å². The van der Waals surface area contributed by atoms with Crippen molar-refractivity contribution in [3.05, 3.63) is 77.9 Å². The van der Waals surface area contributed by atoms with Gasteiger partial charge in [0.2, 0.25) is 5.91 Å². The average Bonchev–Trinajstić information content (AvgIpc) is 2.63. The summed E-state index contributed by atoms with van der Waals surface area (Å²) in [6.45, 7) is 0.489. The molecule has 0 spiro atoms. The minimum Gasteiger partial charge on any atom is -0.337 e. The Morgan fingerprint density at radius 2 is 1.67 bits per heavy atom. The normalized spacial score (nSPS) is 14.1. The maximum Gasteiger partial charge on any atom is 0.254 e. The van der Waals surface area contributed by atoms with Gasteiger partial charge in [-0.05, 0) is 29.7 Å². The van der Waals surface area contributed by atoms with E-state index in [0.29, 0.717) is 0 Å². The summed E-state index contributed by atoms with van der Waals surface area (Å²) in [6.07, 6.45) is 0. The highest BCUT2D eigenvalue weighted by molar-refractivity contribution is 6.04. The van der Waals surface area contributed by atoms with Gasteiger partial charge in [0.05, 0.1) is 5.92 Å². The van der Waals surface area contributed by atoms with E-state index in [9.17, 15) is 18.4 Å². The fraction of sp³-hybridized carbons (Fsp3) is 0.143. The average molecular weight is 366 g/mol. The maximum atomic E-state index is 13.3. The maximum absolute atomic E-state index is 13.3. The molecule has 27 heavy (non-hydrogen) atoms. The van der Waals surface area contributed by atoms with E-state index in [1.807, 2.05) is 42.5 Å². The summed E-state index contributed by atoms with van der Waals surface area (Å²) < 4.78 is 26.3. The first-order valence-corrected chi connectivity index (χ1v) is 8.56. The molecule has 6 heteroatoms. The molecule has 136 valence electrons. The number of hydrogen-bond donors (Lipinski definition) is 1. The van der Waals surface area contributed by atoms with Gasteiger partial charge in [-0.3, -0.25) is 9.59 Å². The third-order valence-corrected chi connectivity index (χ3v) is 4.75. The topological polar surface area (TPSA) is 49.4 Å². The highest BCUT2D eigenvalue weighted by Crippen LogP contribution is 2.26. The molecular weight excluding hydrogens is 350 g/mol. The number of halogens is 2. The Labute approximate surface area is 154 Å². The van der Waals surface area contributed by atoms with Crippen molar-refractivity contribution in [2.75, 3.05) is 18.4 Å². The summed E-state index contributed by atoms with van der Waals surface area (Å²) in [6, 6.07) is 16.5. The van der Waals surface area contributed by atoms with Crippen molar-refractivity contribution >= 4 is 28.3 Å². The number of benzene rings is 3. The van der Waals surface area contributed by atoms with E-state index in [1.54, 1.807) is 0 Å². The van der Waals surface area contributed by atoms with Crippen LogP contribution >= 0.6 is 0 Å². The van der Waals surface area contributed by atoms with E-state index in [2.05, 4.69) is 5.32 Å². The number of rotatable bonds is 3. The molecule has 2 amide bonds. The molecule has 0 atom stereocenters. The lowest BCUT2D eigenvalue weighted by atomic mass is 9.97. The number of likely N-dealkylation sites (tertiary alicyclic amines) is 1. The summed E-state index contributed by atoms with van der Waals surface area (Å²) >= 11 is 0. The van der Waals surface area contributed by atoms with Crippen molar-refractivity contribution in [2.24, 2.45) is 5.92 Å². The third kappa shape index (κ3) is 3.26. The number of fused-ring (bicyclic) bond motifs is 1. The van der Waals surface area contributed by atoms with Crippen LogP contribution in [0.4, 0.5) is 14.5 Å². The van der Waals surface area contributed by atoms with Crippen molar-refractivity contribution in [3.63, 3.8) is 0 Å². The predicted octanol–water partition coefficient (Wildman–Crippen LogP) is 3.83. The zero-order valence-corrected chi connectivity index (χ0v) is 14.3. The van der Waals surface area contributed by atoms with Crippen LogP contribution in [0.1, 0.15) is 10.4 Å². The van der Waals surface area contributed by atoms with Gasteiger partial charge in [0.15, 0.2) is 11.6 Å². The molecule has 0 aromatic heterocycles. The quantitative estimate of drug-likeness (QED) is 0.766. The lowest BCUT2D eigenvalue weighted by molar-refractivity contribution is -0.123. The zero-order chi connectivity index (χ0) is 19.0. The molecule has 1 fully saturated rings. The molecule has 1 saturated heterocycles. The van der Waals surface area contributed by atoms with E-state index in [0.717, 1.165) is 28.6 Å². The molecule has 1 aliphatic heterocycles. The van der Waals surface area contributed by atoms with E-state index >= 15 is 0 Å². The van der Waals surface area contributed by atoms with Gasteiger partial charge in [-0.15, -0.1) is 0 Å². The molecule has 0 unspecified atom stereocenters. The number of amides is 2. The Balaban J connectivity index is 1.41. The molecule has 3 aromatic carbocycles. The Bertz CT molecular complexity index is 1040. The molecule has 1 heterocycles. The van der Waals surface area contributed by atoms with Crippen LogP contribution in [0.25, 0.3) is 10.8 Å². The van der Waals surface area contributed by atoms with Crippen LogP contribution < -0.4 is 5.32 Å². The highest BCUT2D eigenvalue weighted by atomic mass is 19.2. The van der Waals surface area contributed by atoms with Crippen LogP contribution in [-0.4, -0.2) is 29.8 Å². The number of hydrogen-bond acceptors (Lipinski definition) is 2. The van der Waals surface area contributed by atoms with Crippen LogP contribution in [0.5, 0.6) is 0 Å². The van der Waals surface area contributed by atoms with Crippen molar-refractivity contribution in [1.29, 1.82) is 0 Å². The fourth-order valence-electron chi connectivity index (χ4n) is 3.19. The van der Waals surface area contributed by atoms with Crippen LogP contribution in [0.3, 0.4) is 0 Å². The van der Waals surface area contributed by atoms with Gasteiger partial charge >= 0.3 is 0 Å². The molecule has 0 aliphatic carbocycles. The first-order valence-electron chi connectivity index (χ1n) is 8.56. The smallest absolute Gasteiger partial charge is 0.254 e. The second-order valence-electron chi connectivity index (χ2n) is 6.55. The second-order valence-corrected chi connectivity index (χ2v) is 6.55. The van der Waals surface area contributed by atoms with Crippen molar-refractivity contribution in [3.8, 4) is 0 Å². The number of nitrogens with zero attached hydrogens (tertiary/aromatic N) is 1. The Morgan fingerprint density at radius 1 is 0.926 bits per heavy atom. The zero-order valence-electron chi connectivity index (χ0n) is 14.3. The SMILES string of the molecule is O=C(Nc1cccc2ccccc12)C1CN(C(=O)c2ccc(F)c(F)c2)C1. The Kier molecular flexibility index (Phi) is 4.32. The molecule has 4 rings (SSSR count). The summed E-state index contributed by atoms with van der Waals surface area (Å²) in [7, 11) is 0. The summed E-state index contributed by atoms with van der Waals surface area (Å²) in [5.74, 6) is -2.98. The summed E-state index contributed by atoms with van der Waals surface area (Å²) in [5, 5.41) is 4.89. The minimum absolute atomic E-state index is 0.0711. The highest BCUT2D eigenvalue weighted by Gasteiger charge is 2.36. The van der Waals surface area contributed by atoms with Crippen molar-refractivity contribution in [2.45, 2.75) is 0 Å². The van der Waals surface area contributed by atoms with Gasteiger partial charge in [0.25, 0.3) is 5.91 Å². The molecule has 1 N–H and O–H groups in total. The molecule has 0 radical (unpaired) electrons. The lowest BCUT2D eigenvalue weighted by Gasteiger charge is -2.38. The van der Waals surface area contributed by atoms with Gasteiger partial charge in [0.1, 0.15) is 0 Å². The van der Waals surface area contributed by atoms with Gasteiger partial charge in [-0.2, -0.15) is 0 Å². The largest absolute Gasteiger partial charge is 0.337 e. The summed E-state index contributed by atoms with van der Waals surface area (Å²) in [4.78, 5) is 26.2. The summed E-state index contributed by atoms with van der Waals surface area (Å²) in [5.41, 5.74) is 0.797. The molecule has 4 nitrogen and oxygen atoms in total. The lowest BCUT2D eigenvalue weighted by Crippen LogP contribution is -2.54. The number of anilines is 1. The van der Waals surface area contributed by atoms with E-state index in [4.69, 9.17) is 0 Å². The second kappa shape index (κ2) is 6.79. The van der Waals surface area contributed by atoms with Gasteiger partial charge < -0.3 is 10.2 Å². The Hall–Kier alpha value is -3.28. The monoisotopic (exact) mass is 366 g/mol. The van der Waals surface area contributed by atoms with E-state index in [-0.39, 0.29) is 30.5 Å².